The first-order chi connectivity index (χ1) is 6.06. The average molecular weight is 398 g/mol. The van der Waals surface area contributed by atoms with E-state index in [4.69, 9.17) is 12.6 Å². The minimum Gasteiger partial charge on any atom is -0.786 e. The molecule has 0 saturated carbocycles. The summed E-state index contributed by atoms with van der Waals surface area (Å²) in [4.78, 5) is 0. The zero-order valence-electron chi connectivity index (χ0n) is 9.87. The predicted molar refractivity (Wildman–Crippen MR) is 64.1 cm³/mol. The second-order valence-electron chi connectivity index (χ2n) is 4.63. The normalized spacial score (nSPS) is 11.1. The molecule has 0 heterocycles. The largest absolute Gasteiger partial charge is 1.00 e. The van der Waals surface area contributed by atoms with Gasteiger partial charge in [-0.3, -0.25) is 0 Å². The predicted octanol–water partition coefficient (Wildman–Crippen LogP) is 4.45. The summed E-state index contributed by atoms with van der Waals surface area (Å²) < 4.78 is 0.128. The van der Waals surface area contributed by atoms with Crippen LogP contribution in [0.4, 0.5) is 0 Å². The van der Waals surface area contributed by atoms with Crippen molar-refractivity contribution in [2.45, 2.75) is 76.9 Å². The minimum atomic E-state index is 0. The molecular weight excluding hydrogens is 373 g/mol. The van der Waals surface area contributed by atoms with Crippen LogP contribution < -0.4 is 0 Å². The Morgan fingerprint density at radius 2 is 1.29 bits per heavy atom. The van der Waals surface area contributed by atoms with Crippen molar-refractivity contribution in [3.63, 3.8) is 0 Å². The molecule has 0 saturated heterocycles. The van der Waals surface area contributed by atoms with E-state index in [0.717, 1.165) is 0 Å². The van der Waals surface area contributed by atoms with E-state index in [1.54, 1.807) is 0 Å². The van der Waals surface area contributed by atoms with E-state index in [1.165, 1.54) is 51.4 Å². The quantitative estimate of drug-likeness (QED) is 0.331. The van der Waals surface area contributed by atoms with Crippen LogP contribution >= 0.6 is 0 Å². The molecule has 0 aromatic carbocycles. The Morgan fingerprint density at radius 3 is 1.71 bits per heavy atom. The van der Waals surface area contributed by atoms with Gasteiger partial charge < -0.3 is 12.6 Å². The van der Waals surface area contributed by atoms with Crippen LogP contribution in [0.3, 0.4) is 0 Å². The second kappa shape index (κ2) is 10.6. The smallest absolute Gasteiger partial charge is 0.786 e. The van der Waals surface area contributed by atoms with Gasteiger partial charge in [-0.25, -0.2) is 0 Å². The van der Waals surface area contributed by atoms with Crippen molar-refractivity contribution >= 4 is 12.6 Å². The molecular formula is C12H25AuS. The summed E-state index contributed by atoms with van der Waals surface area (Å²) in [7, 11) is 0. The van der Waals surface area contributed by atoms with Crippen LogP contribution in [0.1, 0.15) is 72.1 Å². The summed E-state index contributed by atoms with van der Waals surface area (Å²) in [6, 6.07) is 0. The molecule has 0 amide bonds. The van der Waals surface area contributed by atoms with E-state index in [1.807, 2.05) is 0 Å². The number of hydrogen-bond donors (Lipinski definition) is 0. The van der Waals surface area contributed by atoms with E-state index < -0.39 is 0 Å². The summed E-state index contributed by atoms with van der Waals surface area (Å²) >= 11 is 5.30. The Kier molecular flexibility index (Phi) is 13.2. The van der Waals surface area contributed by atoms with E-state index in [-0.39, 0.29) is 27.1 Å². The van der Waals surface area contributed by atoms with Gasteiger partial charge in [-0.15, -0.1) is 0 Å². The SMILES string of the molecule is CCCCCCCCCC(C)(C)[S-].[Au+]. The van der Waals surface area contributed by atoms with Crippen molar-refractivity contribution in [1.29, 1.82) is 0 Å². The zero-order valence-corrected chi connectivity index (χ0v) is 12.8. The van der Waals surface area contributed by atoms with Crippen molar-refractivity contribution in [1.82, 2.24) is 0 Å². The molecule has 14 heavy (non-hydrogen) atoms. The third-order valence-corrected chi connectivity index (χ3v) is 2.59. The first-order valence-corrected chi connectivity index (χ1v) is 6.17. The van der Waals surface area contributed by atoms with Crippen molar-refractivity contribution in [3.05, 3.63) is 0 Å². The average Bonchev–Trinajstić information content (AvgIpc) is 2.01. The Morgan fingerprint density at radius 1 is 0.857 bits per heavy atom. The maximum atomic E-state index is 5.30. The topological polar surface area (TPSA) is 0 Å². The molecule has 0 aromatic rings. The maximum Gasteiger partial charge on any atom is 1.00 e. The second-order valence-corrected chi connectivity index (χ2v) is 5.74. The summed E-state index contributed by atoms with van der Waals surface area (Å²) in [6.07, 6.45) is 10.9. The molecule has 0 aliphatic rings. The van der Waals surface area contributed by atoms with Crippen molar-refractivity contribution < 1.29 is 22.4 Å². The van der Waals surface area contributed by atoms with Crippen LogP contribution in [0.25, 0.3) is 0 Å². The fraction of sp³-hybridized carbons (Fsp3) is 1.00. The van der Waals surface area contributed by atoms with Gasteiger partial charge in [-0.2, -0.15) is 4.75 Å². The number of rotatable bonds is 8. The van der Waals surface area contributed by atoms with Crippen LogP contribution in [0.5, 0.6) is 0 Å². The van der Waals surface area contributed by atoms with E-state index in [0.29, 0.717) is 0 Å². The monoisotopic (exact) mass is 398 g/mol. The van der Waals surface area contributed by atoms with Gasteiger partial charge in [0.05, 0.1) is 0 Å². The standard InChI is InChI=1S/C12H26S.Au/c1-4-5-6-7-8-9-10-11-12(2,3)13;/h13H,4-11H2,1-3H3;/q;+1/p-1. The first-order valence-electron chi connectivity index (χ1n) is 5.76. The zero-order chi connectivity index (χ0) is 10.2. The number of unbranched alkanes of at least 4 members (excludes halogenated alkanes) is 6. The van der Waals surface area contributed by atoms with Gasteiger partial charge >= 0.3 is 22.4 Å². The molecule has 0 radical (unpaired) electrons. The molecule has 0 aliphatic heterocycles. The molecule has 90 valence electrons. The van der Waals surface area contributed by atoms with Crippen LogP contribution in [-0.4, -0.2) is 4.75 Å². The molecule has 0 atom stereocenters. The fourth-order valence-electron chi connectivity index (χ4n) is 1.51. The van der Waals surface area contributed by atoms with E-state index in [2.05, 4.69) is 20.8 Å². The van der Waals surface area contributed by atoms with Gasteiger partial charge in [-0.05, 0) is 0 Å². The molecule has 0 unspecified atom stereocenters. The molecule has 0 spiro atoms. The number of hydrogen-bond acceptors (Lipinski definition) is 1. The van der Waals surface area contributed by atoms with Gasteiger partial charge in [0.15, 0.2) is 0 Å². The van der Waals surface area contributed by atoms with Gasteiger partial charge in [0.1, 0.15) is 0 Å². The summed E-state index contributed by atoms with van der Waals surface area (Å²) in [5.74, 6) is 0. The summed E-state index contributed by atoms with van der Waals surface area (Å²) in [6.45, 7) is 6.57. The van der Waals surface area contributed by atoms with Crippen LogP contribution in [0, 0.1) is 0 Å². The molecule has 0 aliphatic carbocycles. The molecule has 0 bridgehead atoms. The third kappa shape index (κ3) is 15.6. The summed E-state index contributed by atoms with van der Waals surface area (Å²) in [5, 5.41) is 0. The van der Waals surface area contributed by atoms with Gasteiger partial charge in [0, 0.05) is 0 Å². The van der Waals surface area contributed by atoms with E-state index >= 15 is 0 Å². The molecule has 0 aromatic heterocycles. The van der Waals surface area contributed by atoms with E-state index in [9.17, 15) is 0 Å². The summed E-state index contributed by atoms with van der Waals surface area (Å²) in [5.41, 5.74) is 0. The first kappa shape index (κ1) is 17.5. The molecule has 0 N–H and O–H groups in total. The fourth-order valence-corrected chi connectivity index (χ4v) is 1.65. The van der Waals surface area contributed by atoms with Gasteiger partial charge in [0.2, 0.25) is 0 Å². The third-order valence-electron chi connectivity index (χ3n) is 2.38. The molecule has 0 fully saturated rings. The van der Waals surface area contributed by atoms with Gasteiger partial charge in [-0.1, -0.05) is 72.1 Å². The van der Waals surface area contributed by atoms with Crippen LogP contribution in [-0.2, 0) is 35.0 Å². The Hall–Kier alpha value is 1.09. The Balaban J connectivity index is 0. The molecule has 0 rings (SSSR count). The van der Waals surface area contributed by atoms with Crippen molar-refractivity contribution in [2.75, 3.05) is 0 Å². The van der Waals surface area contributed by atoms with Crippen molar-refractivity contribution in [2.24, 2.45) is 0 Å². The van der Waals surface area contributed by atoms with Crippen LogP contribution in [0.2, 0.25) is 0 Å². The van der Waals surface area contributed by atoms with Gasteiger partial charge in [0.25, 0.3) is 0 Å². The van der Waals surface area contributed by atoms with Crippen LogP contribution in [0.15, 0.2) is 0 Å². The maximum absolute atomic E-state index is 5.30. The van der Waals surface area contributed by atoms with Crippen molar-refractivity contribution in [3.8, 4) is 0 Å². The molecule has 2 heteroatoms. The minimum absolute atomic E-state index is 0. The Bertz CT molecular complexity index is 107. The molecule has 0 nitrogen and oxygen atoms in total. The Labute approximate surface area is 112 Å².